The van der Waals surface area contributed by atoms with Crippen molar-refractivity contribution in [3.63, 3.8) is 0 Å². The van der Waals surface area contributed by atoms with Crippen LogP contribution in [-0.2, 0) is 0 Å². The van der Waals surface area contributed by atoms with Crippen molar-refractivity contribution in [3.8, 4) is 17.0 Å². The zero-order chi connectivity index (χ0) is 16.1. The molecular formula is C15H21N4O3-. The van der Waals surface area contributed by atoms with E-state index in [-0.39, 0.29) is 10.3 Å². The summed E-state index contributed by atoms with van der Waals surface area (Å²) in [6.07, 6.45) is 2.70. The van der Waals surface area contributed by atoms with E-state index in [1.807, 2.05) is 20.2 Å². The fourth-order valence-electron chi connectivity index (χ4n) is 2.37. The van der Waals surface area contributed by atoms with Gasteiger partial charge in [-0.3, -0.25) is 0 Å². The van der Waals surface area contributed by atoms with E-state index in [1.165, 1.54) is 6.07 Å². The minimum Gasteiger partial charge on any atom is -0.612 e. The molecule has 22 heavy (non-hydrogen) atoms. The number of nitrogens with zero attached hydrogens (tertiary/aromatic N) is 2. The molecule has 0 aromatic rings. The molecule has 2 aliphatic rings. The van der Waals surface area contributed by atoms with Gasteiger partial charge in [0.25, 0.3) is 0 Å². The summed E-state index contributed by atoms with van der Waals surface area (Å²) in [6.45, 7) is 1.70. The molecule has 1 aliphatic heterocycles. The SMILES string of the molecule is COc1ccc(=[N+]([O-])[O-])c2c(NCCCN(C)C)cc[nH]c1-2. The van der Waals surface area contributed by atoms with Gasteiger partial charge in [-0.2, -0.15) is 4.90 Å². The smallest absolute Gasteiger partial charge is 0.234 e. The van der Waals surface area contributed by atoms with Crippen molar-refractivity contribution >= 4 is 5.69 Å². The molecule has 7 nitrogen and oxygen atoms in total. The van der Waals surface area contributed by atoms with Crippen molar-refractivity contribution in [2.24, 2.45) is 0 Å². The van der Waals surface area contributed by atoms with Gasteiger partial charge in [0.1, 0.15) is 5.75 Å². The Kier molecular flexibility index (Phi) is 5.11. The molecule has 120 valence electrons. The highest BCUT2D eigenvalue weighted by Crippen LogP contribution is 2.31. The largest absolute Gasteiger partial charge is 0.612 e. The average molecular weight is 305 g/mol. The summed E-state index contributed by atoms with van der Waals surface area (Å²) in [5.41, 5.74) is 1.89. The minimum absolute atomic E-state index is 0.0581. The lowest BCUT2D eigenvalue weighted by molar-refractivity contribution is 0.405. The Labute approximate surface area is 129 Å². The highest BCUT2D eigenvalue weighted by molar-refractivity contribution is 5.80. The Morgan fingerprint density at radius 2 is 2.05 bits per heavy atom. The maximum atomic E-state index is 11.3. The van der Waals surface area contributed by atoms with E-state index in [1.54, 1.807) is 19.4 Å². The molecule has 0 atom stereocenters. The normalized spacial score (nSPS) is 10.9. The third kappa shape index (κ3) is 3.43. The van der Waals surface area contributed by atoms with Gasteiger partial charge < -0.3 is 30.4 Å². The molecule has 0 saturated carbocycles. The summed E-state index contributed by atoms with van der Waals surface area (Å²) in [7, 11) is 5.58. The molecule has 0 bridgehead atoms. The summed E-state index contributed by atoms with van der Waals surface area (Å²) in [4.78, 5) is 4.76. The summed E-state index contributed by atoms with van der Waals surface area (Å²) >= 11 is 0. The molecule has 0 unspecified atom stereocenters. The number of aromatic amines is 1. The van der Waals surface area contributed by atoms with Gasteiger partial charge in [-0.05, 0) is 39.2 Å². The first-order valence-corrected chi connectivity index (χ1v) is 7.09. The first kappa shape index (κ1) is 16.0. The highest BCUT2D eigenvalue weighted by atomic mass is 16.8. The van der Waals surface area contributed by atoms with Crippen LogP contribution in [0.1, 0.15) is 6.42 Å². The average Bonchev–Trinajstić information content (AvgIpc) is 2.50. The predicted octanol–water partition coefficient (Wildman–Crippen LogP) is 1.26. The molecule has 1 heterocycles. The number of fused-ring (bicyclic) bond motifs is 1. The van der Waals surface area contributed by atoms with Crippen LogP contribution in [0.15, 0.2) is 24.4 Å². The second-order valence-electron chi connectivity index (χ2n) is 5.27. The van der Waals surface area contributed by atoms with Gasteiger partial charge in [0.05, 0.1) is 24.1 Å². The second kappa shape index (κ2) is 7.04. The zero-order valence-electron chi connectivity index (χ0n) is 13.0. The third-order valence-corrected chi connectivity index (χ3v) is 3.41. The number of hydrogen-bond donors (Lipinski definition) is 2. The van der Waals surface area contributed by atoms with E-state index in [0.29, 0.717) is 17.0 Å². The summed E-state index contributed by atoms with van der Waals surface area (Å²) in [5, 5.41) is 25.9. The summed E-state index contributed by atoms with van der Waals surface area (Å²) < 4.78 is 5.29. The molecule has 2 rings (SSSR count). The number of hydrogen-bond acceptors (Lipinski definition) is 5. The van der Waals surface area contributed by atoms with Crippen LogP contribution in [0.4, 0.5) is 5.69 Å². The first-order chi connectivity index (χ1) is 10.5. The van der Waals surface area contributed by atoms with E-state index in [2.05, 4.69) is 15.2 Å². The van der Waals surface area contributed by atoms with Crippen molar-refractivity contribution in [3.05, 3.63) is 40.2 Å². The monoisotopic (exact) mass is 305 g/mol. The number of pyridine rings is 1. The molecular weight excluding hydrogens is 284 g/mol. The van der Waals surface area contributed by atoms with Crippen LogP contribution in [0.25, 0.3) is 11.3 Å². The number of nitrogens with one attached hydrogen (secondary N) is 2. The Bertz CT molecular complexity index is 662. The van der Waals surface area contributed by atoms with Crippen LogP contribution < -0.4 is 20.3 Å². The molecule has 2 N–H and O–H groups in total. The van der Waals surface area contributed by atoms with Crippen LogP contribution in [0.3, 0.4) is 0 Å². The topological polar surface area (TPSA) is 89.4 Å². The van der Waals surface area contributed by atoms with E-state index in [4.69, 9.17) is 4.74 Å². The van der Waals surface area contributed by atoms with Crippen LogP contribution >= 0.6 is 0 Å². The number of aromatic nitrogens is 1. The van der Waals surface area contributed by atoms with Crippen molar-refractivity contribution < 1.29 is 4.74 Å². The molecule has 7 heteroatoms. The number of benzene rings is 1. The Hall–Kier alpha value is -2.41. The van der Waals surface area contributed by atoms with Crippen LogP contribution in [-0.4, -0.2) is 44.2 Å². The zero-order valence-corrected chi connectivity index (χ0v) is 13.0. The Morgan fingerprint density at radius 1 is 1.27 bits per heavy atom. The van der Waals surface area contributed by atoms with Gasteiger partial charge in [-0.25, -0.2) is 0 Å². The Morgan fingerprint density at radius 3 is 2.68 bits per heavy atom. The number of ether oxygens (including phenoxy) is 1. The second-order valence-corrected chi connectivity index (χ2v) is 5.27. The fraction of sp³-hybridized carbons (Fsp3) is 0.400. The maximum Gasteiger partial charge on any atom is 0.234 e. The molecule has 0 amide bonds. The van der Waals surface area contributed by atoms with Crippen molar-refractivity contribution in [1.29, 1.82) is 0 Å². The van der Waals surface area contributed by atoms with E-state index in [9.17, 15) is 10.4 Å². The predicted molar refractivity (Wildman–Crippen MR) is 87.6 cm³/mol. The van der Waals surface area contributed by atoms with Gasteiger partial charge in [0, 0.05) is 18.8 Å². The molecule has 0 radical (unpaired) electrons. The van der Waals surface area contributed by atoms with Gasteiger partial charge >= 0.3 is 0 Å². The lowest BCUT2D eigenvalue weighted by Crippen LogP contribution is -2.24. The fourth-order valence-corrected chi connectivity index (χ4v) is 2.37. The molecule has 0 saturated heterocycles. The van der Waals surface area contributed by atoms with Crippen LogP contribution in [0.5, 0.6) is 5.75 Å². The molecule has 0 spiro atoms. The van der Waals surface area contributed by atoms with E-state index < -0.39 is 0 Å². The minimum atomic E-state index is -0.374. The van der Waals surface area contributed by atoms with Crippen molar-refractivity contribution in [2.75, 3.05) is 39.6 Å². The number of rotatable bonds is 6. The first-order valence-electron chi connectivity index (χ1n) is 7.09. The quantitative estimate of drug-likeness (QED) is 0.619. The summed E-state index contributed by atoms with van der Waals surface area (Å²) in [5.74, 6) is 0.581. The number of anilines is 1. The highest BCUT2D eigenvalue weighted by Gasteiger charge is 2.18. The van der Waals surface area contributed by atoms with Gasteiger partial charge in [0.15, 0.2) is 0 Å². The van der Waals surface area contributed by atoms with Gasteiger partial charge in [0.2, 0.25) is 5.36 Å². The van der Waals surface area contributed by atoms with Crippen molar-refractivity contribution in [2.45, 2.75) is 6.42 Å². The van der Waals surface area contributed by atoms with Gasteiger partial charge in [-0.1, -0.05) is 0 Å². The standard InChI is InChI=1S/C15H21N4O3/c1-18(2)10-4-8-16-11-7-9-17-15-13(22-3)6-5-12(14(11)15)19(20)21/h5-7,9,16-17H,4,8,10H2,1-3H3/q-1. The maximum absolute atomic E-state index is 11.3. The van der Waals surface area contributed by atoms with Crippen molar-refractivity contribution in [1.82, 2.24) is 14.8 Å². The molecule has 0 aromatic heterocycles. The van der Waals surface area contributed by atoms with Crippen LogP contribution in [0, 0.1) is 10.4 Å². The third-order valence-electron chi connectivity index (χ3n) is 3.41. The number of methoxy groups -OCH3 is 1. The Balaban J connectivity index is 2.39. The lowest BCUT2D eigenvalue weighted by atomic mass is 10.1. The number of H-pyrrole nitrogens is 1. The lowest BCUT2D eigenvalue weighted by Gasteiger charge is -2.17. The van der Waals surface area contributed by atoms with E-state index >= 15 is 0 Å². The van der Waals surface area contributed by atoms with E-state index in [0.717, 1.165) is 25.2 Å². The van der Waals surface area contributed by atoms with Gasteiger partial charge in [-0.15, -0.1) is 0 Å². The molecule has 1 aliphatic carbocycles. The molecule has 0 fully saturated rings. The van der Waals surface area contributed by atoms with Crippen LogP contribution in [0.2, 0.25) is 0 Å². The summed E-state index contributed by atoms with van der Waals surface area (Å²) in [6, 6.07) is 4.89. The molecule has 0 aromatic carbocycles.